The zero-order valence-corrected chi connectivity index (χ0v) is 11.2. The second kappa shape index (κ2) is 4.76. The molecule has 2 aromatic carbocycles. The highest BCUT2D eigenvalue weighted by Crippen LogP contribution is 2.36. The van der Waals surface area contributed by atoms with Gasteiger partial charge < -0.3 is 4.74 Å². The van der Waals surface area contributed by atoms with Crippen molar-refractivity contribution in [2.75, 3.05) is 26.3 Å². The van der Waals surface area contributed by atoms with E-state index in [1.54, 1.807) is 0 Å². The molecule has 3 heteroatoms. The van der Waals surface area contributed by atoms with Crippen molar-refractivity contribution in [2.45, 2.75) is 0 Å². The van der Waals surface area contributed by atoms with E-state index in [1.807, 2.05) is 0 Å². The molecule has 0 spiro atoms. The predicted octanol–water partition coefficient (Wildman–Crippen LogP) is 2.75. The van der Waals surface area contributed by atoms with Crippen molar-refractivity contribution in [2.24, 2.45) is 5.10 Å². The van der Waals surface area contributed by atoms with Crippen molar-refractivity contribution in [3.05, 3.63) is 59.7 Å². The van der Waals surface area contributed by atoms with Crippen LogP contribution >= 0.6 is 0 Å². The summed E-state index contributed by atoms with van der Waals surface area (Å²) in [6.45, 7) is 3.27. The molecule has 3 nitrogen and oxygen atoms in total. The van der Waals surface area contributed by atoms with Crippen LogP contribution in [0.15, 0.2) is 53.6 Å². The first-order chi connectivity index (χ1) is 9.93. The number of nitrogens with zero attached hydrogens (tertiary/aromatic N) is 2. The highest BCUT2D eigenvalue weighted by molar-refractivity contribution is 6.24. The summed E-state index contributed by atoms with van der Waals surface area (Å²) in [7, 11) is 0. The van der Waals surface area contributed by atoms with Crippen LogP contribution in [-0.4, -0.2) is 37.0 Å². The maximum absolute atomic E-state index is 5.39. The minimum atomic E-state index is 0.764. The zero-order chi connectivity index (χ0) is 13.4. The molecular formula is C17H16N2O. The van der Waals surface area contributed by atoms with Gasteiger partial charge in [-0.2, -0.15) is 5.10 Å². The first-order valence-electron chi connectivity index (χ1n) is 7.04. The Kier molecular flexibility index (Phi) is 2.78. The highest BCUT2D eigenvalue weighted by atomic mass is 16.5. The second-order valence-corrected chi connectivity index (χ2v) is 5.11. The number of fused-ring (bicyclic) bond motifs is 3. The van der Waals surface area contributed by atoms with E-state index in [0.29, 0.717) is 0 Å². The fourth-order valence-electron chi connectivity index (χ4n) is 2.90. The summed E-state index contributed by atoms with van der Waals surface area (Å²) in [6, 6.07) is 17.0. The molecule has 0 unspecified atom stereocenters. The maximum Gasteiger partial charge on any atom is 0.0988 e. The van der Waals surface area contributed by atoms with Crippen LogP contribution in [0.5, 0.6) is 0 Å². The standard InChI is InChI=1S/C17H16N2O/c1-3-7-15-13(5-1)14-6-2-4-8-16(14)17(15)18-19-9-11-20-12-10-19/h1-8H,9-12H2. The molecule has 0 bridgehead atoms. The molecule has 2 aromatic rings. The lowest BCUT2D eigenvalue weighted by Gasteiger charge is -2.24. The quantitative estimate of drug-likeness (QED) is 0.675. The Morgan fingerprint density at radius 2 is 1.25 bits per heavy atom. The molecule has 1 aliphatic heterocycles. The molecular weight excluding hydrogens is 248 g/mol. The third-order valence-electron chi connectivity index (χ3n) is 3.88. The number of hydrogen-bond donors (Lipinski definition) is 0. The molecule has 0 radical (unpaired) electrons. The summed E-state index contributed by atoms with van der Waals surface area (Å²) in [5.41, 5.74) is 6.14. The Hall–Kier alpha value is -2.13. The van der Waals surface area contributed by atoms with Gasteiger partial charge in [-0.05, 0) is 11.1 Å². The first-order valence-corrected chi connectivity index (χ1v) is 7.04. The second-order valence-electron chi connectivity index (χ2n) is 5.11. The Labute approximate surface area is 118 Å². The highest BCUT2D eigenvalue weighted by Gasteiger charge is 2.25. The Morgan fingerprint density at radius 1 is 0.750 bits per heavy atom. The molecule has 2 aliphatic rings. The Balaban J connectivity index is 1.84. The fraction of sp³-hybridized carbons (Fsp3) is 0.235. The van der Waals surface area contributed by atoms with Crippen LogP contribution in [0.3, 0.4) is 0 Å². The molecule has 100 valence electrons. The lowest BCUT2D eigenvalue weighted by molar-refractivity contribution is 0.0394. The van der Waals surface area contributed by atoms with E-state index in [4.69, 9.17) is 9.84 Å². The van der Waals surface area contributed by atoms with Crippen molar-refractivity contribution in [1.29, 1.82) is 0 Å². The summed E-state index contributed by atoms with van der Waals surface area (Å²) >= 11 is 0. The Morgan fingerprint density at radius 3 is 1.80 bits per heavy atom. The van der Waals surface area contributed by atoms with Crippen LogP contribution in [0.1, 0.15) is 11.1 Å². The van der Waals surface area contributed by atoms with E-state index >= 15 is 0 Å². The van der Waals surface area contributed by atoms with Gasteiger partial charge in [0.25, 0.3) is 0 Å². The first kappa shape index (κ1) is 11.7. The SMILES string of the molecule is c1ccc2c(c1)C(=NN1CCOCC1)c1ccccc1-2. The lowest BCUT2D eigenvalue weighted by atomic mass is 10.1. The lowest BCUT2D eigenvalue weighted by Crippen LogP contribution is -2.33. The average molecular weight is 264 g/mol. The number of ether oxygens (including phenoxy) is 1. The van der Waals surface area contributed by atoms with Crippen LogP contribution in [0, 0.1) is 0 Å². The minimum Gasteiger partial charge on any atom is -0.378 e. The monoisotopic (exact) mass is 264 g/mol. The van der Waals surface area contributed by atoms with Crippen LogP contribution < -0.4 is 0 Å². The van der Waals surface area contributed by atoms with E-state index in [0.717, 1.165) is 32.0 Å². The van der Waals surface area contributed by atoms with Crippen LogP contribution in [-0.2, 0) is 4.74 Å². The zero-order valence-electron chi connectivity index (χ0n) is 11.2. The third kappa shape index (κ3) is 1.82. The van der Waals surface area contributed by atoms with Gasteiger partial charge in [0.2, 0.25) is 0 Å². The Bertz CT molecular complexity index is 625. The van der Waals surface area contributed by atoms with Crippen molar-refractivity contribution in [1.82, 2.24) is 5.01 Å². The molecule has 0 amide bonds. The van der Waals surface area contributed by atoms with Gasteiger partial charge in [-0.1, -0.05) is 48.5 Å². The summed E-state index contributed by atoms with van der Waals surface area (Å²) in [5, 5.41) is 7.01. The normalized spacial score (nSPS) is 16.8. The van der Waals surface area contributed by atoms with E-state index < -0.39 is 0 Å². The summed E-state index contributed by atoms with van der Waals surface area (Å²) in [5.74, 6) is 0. The van der Waals surface area contributed by atoms with E-state index in [1.165, 1.54) is 22.3 Å². The molecule has 0 N–H and O–H groups in total. The molecule has 1 saturated heterocycles. The molecule has 1 heterocycles. The van der Waals surface area contributed by atoms with Gasteiger partial charge in [0.1, 0.15) is 0 Å². The average Bonchev–Trinajstić information content (AvgIpc) is 2.84. The van der Waals surface area contributed by atoms with Crippen LogP contribution in [0.25, 0.3) is 11.1 Å². The van der Waals surface area contributed by atoms with Crippen LogP contribution in [0.2, 0.25) is 0 Å². The molecule has 1 fully saturated rings. The minimum absolute atomic E-state index is 0.764. The molecule has 4 rings (SSSR count). The maximum atomic E-state index is 5.39. The van der Waals surface area contributed by atoms with Gasteiger partial charge in [0, 0.05) is 11.1 Å². The third-order valence-corrected chi connectivity index (χ3v) is 3.88. The summed E-state index contributed by atoms with van der Waals surface area (Å²) in [6.07, 6.45) is 0. The van der Waals surface area contributed by atoms with Crippen molar-refractivity contribution >= 4 is 5.71 Å². The number of morpholine rings is 1. The van der Waals surface area contributed by atoms with Crippen molar-refractivity contribution in [3.63, 3.8) is 0 Å². The predicted molar refractivity (Wildman–Crippen MR) is 79.9 cm³/mol. The smallest absolute Gasteiger partial charge is 0.0988 e. The molecule has 0 atom stereocenters. The number of rotatable bonds is 1. The topological polar surface area (TPSA) is 24.8 Å². The molecule has 20 heavy (non-hydrogen) atoms. The van der Waals surface area contributed by atoms with Gasteiger partial charge in [0.15, 0.2) is 0 Å². The largest absolute Gasteiger partial charge is 0.378 e. The van der Waals surface area contributed by atoms with E-state index in [9.17, 15) is 0 Å². The summed E-state index contributed by atoms with van der Waals surface area (Å²) < 4.78 is 5.39. The van der Waals surface area contributed by atoms with Gasteiger partial charge in [0.05, 0.1) is 32.0 Å². The molecule has 0 saturated carbocycles. The molecule has 0 aromatic heterocycles. The van der Waals surface area contributed by atoms with Crippen molar-refractivity contribution < 1.29 is 4.74 Å². The number of hydrogen-bond acceptors (Lipinski definition) is 3. The fourth-order valence-corrected chi connectivity index (χ4v) is 2.90. The van der Waals surface area contributed by atoms with Gasteiger partial charge in [-0.15, -0.1) is 0 Å². The van der Waals surface area contributed by atoms with Crippen molar-refractivity contribution in [3.8, 4) is 11.1 Å². The van der Waals surface area contributed by atoms with Crippen LogP contribution in [0.4, 0.5) is 0 Å². The summed E-state index contributed by atoms with van der Waals surface area (Å²) in [4.78, 5) is 0. The van der Waals surface area contributed by atoms with Gasteiger partial charge in [-0.25, -0.2) is 0 Å². The molecule has 1 aliphatic carbocycles. The van der Waals surface area contributed by atoms with Gasteiger partial charge in [-0.3, -0.25) is 5.01 Å². The van der Waals surface area contributed by atoms with Gasteiger partial charge >= 0.3 is 0 Å². The van der Waals surface area contributed by atoms with E-state index in [2.05, 4.69) is 53.5 Å². The number of hydrazone groups is 1. The van der Waals surface area contributed by atoms with E-state index in [-0.39, 0.29) is 0 Å². The number of benzene rings is 2.